The Balaban J connectivity index is 2.22. The lowest BCUT2D eigenvalue weighted by Gasteiger charge is -2.13. The van der Waals surface area contributed by atoms with Crippen LogP contribution < -0.4 is 4.57 Å². The van der Waals surface area contributed by atoms with Gasteiger partial charge >= 0.3 is 0 Å². The van der Waals surface area contributed by atoms with Gasteiger partial charge in [0.05, 0.1) is 13.0 Å². The number of aromatic nitrogens is 2. The van der Waals surface area contributed by atoms with Crippen molar-refractivity contribution in [3.63, 3.8) is 0 Å². The second-order valence-corrected chi connectivity index (χ2v) is 7.97. The highest BCUT2D eigenvalue weighted by Gasteiger charge is 2.20. The molecule has 1 rings (SSSR count). The number of rotatable bonds is 17. The molecule has 0 aromatic carbocycles. The van der Waals surface area contributed by atoms with Crippen molar-refractivity contribution in [3.05, 3.63) is 18.2 Å². The fourth-order valence-electron chi connectivity index (χ4n) is 3.94. The predicted molar refractivity (Wildman–Crippen MR) is 110 cm³/mol. The number of imidazole rings is 1. The largest absolute Gasteiger partial charge is 0.257 e. The van der Waals surface area contributed by atoms with Crippen LogP contribution in [0.25, 0.3) is 0 Å². The summed E-state index contributed by atoms with van der Waals surface area (Å²) >= 11 is 0. The van der Waals surface area contributed by atoms with Gasteiger partial charge in [0.25, 0.3) is 5.82 Å². The van der Waals surface area contributed by atoms with Gasteiger partial charge in [-0.1, -0.05) is 104 Å². The second kappa shape index (κ2) is 15.5. The van der Waals surface area contributed by atoms with Gasteiger partial charge in [0, 0.05) is 0 Å². The predicted octanol–water partition coefficient (Wildman–Crippen LogP) is 7.20. The van der Waals surface area contributed by atoms with Crippen molar-refractivity contribution >= 4 is 0 Å². The summed E-state index contributed by atoms with van der Waals surface area (Å²) in [7, 11) is 2.19. The zero-order chi connectivity index (χ0) is 18.2. The van der Waals surface area contributed by atoms with Gasteiger partial charge in [0.1, 0.15) is 12.4 Å². The molecule has 25 heavy (non-hydrogen) atoms. The summed E-state index contributed by atoms with van der Waals surface area (Å²) in [4.78, 5) is 3.50. The van der Waals surface area contributed by atoms with Crippen LogP contribution >= 0.6 is 0 Å². The molecule has 0 bridgehead atoms. The first kappa shape index (κ1) is 22.3. The summed E-state index contributed by atoms with van der Waals surface area (Å²) in [6.07, 6.45) is 26.7. The van der Waals surface area contributed by atoms with E-state index >= 15 is 0 Å². The molecular weight excluding hydrogens is 304 g/mol. The molecule has 0 fully saturated rings. The van der Waals surface area contributed by atoms with E-state index in [4.69, 9.17) is 0 Å². The summed E-state index contributed by atoms with van der Waals surface area (Å²) in [5.74, 6) is 2.17. The summed E-state index contributed by atoms with van der Waals surface area (Å²) in [6.45, 7) is 4.59. The third-order valence-electron chi connectivity index (χ3n) is 5.61. The van der Waals surface area contributed by atoms with Gasteiger partial charge in [-0.25, -0.2) is 9.55 Å². The minimum atomic E-state index is 0.728. The van der Waals surface area contributed by atoms with E-state index in [2.05, 4.69) is 42.8 Å². The van der Waals surface area contributed by atoms with E-state index < -0.39 is 0 Å². The maximum atomic E-state index is 3.50. The number of H-pyrrole nitrogens is 1. The molecule has 2 nitrogen and oxygen atoms in total. The standard InChI is InChI=1S/C23H44N2/c1-4-6-8-10-12-13-15-17-19-22(23-24-20-21-25(23)3)18-16-14-11-9-7-5-2/h20-22H,4-19H2,1-3H3/p+1/t22-/m0/s1. The Labute approximate surface area is 157 Å². The zero-order valence-electron chi connectivity index (χ0n) is 17.5. The van der Waals surface area contributed by atoms with Crippen molar-refractivity contribution in [3.8, 4) is 0 Å². The molecule has 1 atom stereocenters. The maximum absolute atomic E-state index is 3.50. The minimum Gasteiger partial charge on any atom is -0.247 e. The third-order valence-corrected chi connectivity index (χ3v) is 5.61. The van der Waals surface area contributed by atoms with E-state index in [0.29, 0.717) is 0 Å². The zero-order valence-corrected chi connectivity index (χ0v) is 17.5. The van der Waals surface area contributed by atoms with Crippen LogP contribution in [0, 0.1) is 0 Å². The number of hydrogen-bond donors (Lipinski definition) is 1. The van der Waals surface area contributed by atoms with Crippen molar-refractivity contribution in [2.75, 3.05) is 0 Å². The highest BCUT2D eigenvalue weighted by Crippen LogP contribution is 2.25. The van der Waals surface area contributed by atoms with Crippen LogP contribution in [0.4, 0.5) is 0 Å². The van der Waals surface area contributed by atoms with E-state index in [1.54, 1.807) is 0 Å². The molecule has 0 aliphatic rings. The van der Waals surface area contributed by atoms with Gasteiger partial charge in [0.15, 0.2) is 0 Å². The monoisotopic (exact) mass is 349 g/mol. The normalized spacial score (nSPS) is 12.6. The van der Waals surface area contributed by atoms with Crippen LogP contribution in [0.5, 0.6) is 0 Å². The van der Waals surface area contributed by atoms with Crippen molar-refractivity contribution in [2.24, 2.45) is 7.05 Å². The Kier molecular flexibility index (Phi) is 13.8. The molecule has 0 aliphatic heterocycles. The smallest absolute Gasteiger partial charge is 0.247 e. The molecule has 0 amide bonds. The minimum absolute atomic E-state index is 0.728. The van der Waals surface area contributed by atoms with Crippen molar-refractivity contribution in [1.29, 1.82) is 0 Å². The van der Waals surface area contributed by atoms with E-state index in [0.717, 1.165) is 5.92 Å². The molecule has 0 unspecified atom stereocenters. The number of nitrogens with zero attached hydrogens (tertiary/aromatic N) is 1. The number of hydrogen-bond acceptors (Lipinski definition) is 0. The molecule has 1 aromatic rings. The Hall–Kier alpha value is -0.790. The first-order valence-corrected chi connectivity index (χ1v) is 11.3. The van der Waals surface area contributed by atoms with E-state index in [9.17, 15) is 0 Å². The van der Waals surface area contributed by atoms with Crippen LogP contribution in [-0.4, -0.2) is 4.98 Å². The molecule has 0 saturated carbocycles. The number of unbranched alkanes of at least 4 members (excludes halogenated alkanes) is 12. The average Bonchev–Trinajstić information content (AvgIpc) is 3.04. The summed E-state index contributed by atoms with van der Waals surface area (Å²) in [5, 5.41) is 0. The summed E-state index contributed by atoms with van der Waals surface area (Å²) < 4.78 is 2.30. The van der Waals surface area contributed by atoms with Gasteiger partial charge in [-0.3, -0.25) is 0 Å². The molecule has 2 heteroatoms. The quantitative estimate of drug-likeness (QED) is 0.226. The SMILES string of the molecule is CCCCCCCCCC[C@H](CCCCCCCC)c1[nH]cc[n+]1C. The molecule has 1 heterocycles. The highest BCUT2D eigenvalue weighted by atomic mass is 15.0. The first-order chi connectivity index (χ1) is 12.3. The van der Waals surface area contributed by atoms with Crippen molar-refractivity contribution < 1.29 is 4.57 Å². The van der Waals surface area contributed by atoms with Crippen molar-refractivity contribution in [2.45, 2.75) is 122 Å². The molecule has 0 aliphatic carbocycles. The summed E-state index contributed by atoms with van der Waals surface area (Å²) in [6, 6.07) is 0. The first-order valence-electron chi connectivity index (χ1n) is 11.3. The van der Waals surface area contributed by atoms with Gasteiger partial charge in [-0.15, -0.1) is 0 Å². The average molecular weight is 350 g/mol. The molecule has 0 saturated heterocycles. The van der Waals surface area contributed by atoms with E-state index in [1.807, 2.05) is 0 Å². The Bertz CT molecular complexity index is 397. The fourth-order valence-corrected chi connectivity index (χ4v) is 3.94. The van der Waals surface area contributed by atoms with Crippen LogP contribution in [0.2, 0.25) is 0 Å². The lowest BCUT2D eigenvalue weighted by Crippen LogP contribution is -2.32. The van der Waals surface area contributed by atoms with Crippen LogP contribution in [0.15, 0.2) is 12.4 Å². The lowest BCUT2D eigenvalue weighted by molar-refractivity contribution is -0.679. The number of aryl methyl sites for hydroxylation is 1. The van der Waals surface area contributed by atoms with E-state index in [-0.39, 0.29) is 0 Å². The fraction of sp³-hybridized carbons (Fsp3) is 0.870. The Morgan fingerprint density at radius 2 is 1.16 bits per heavy atom. The van der Waals surface area contributed by atoms with Crippen LogP contribution in [-0.2, 0) is 7.05 Å². The lowest BCUT2D eigenvalue weighted by atomic mass is 9.93. The molecular formula is C23H45N2+. The van der Waals surface area contributed by atoms with Gasteiger partial charge in [0.2, 0.25) is 0 Å². The van der Waals surface area contributed by atoms with Crippen LogP contribution in [0.1, 0.15) is 128 Å². The van der Waals surface area contributed by atoms with E-state index in [1.165, 1.54) is 109 Å². The molecule has 0 spiro atoms. The van der Waals surface area contributed by atoms with Gasteiger partial charge in [-0.05, 0) is 12.8 Å². The molecule has 0 radical (unpaired) electrons. The molecule has 1 N–H and O–H groups in total. The maximum Gasteiger partial charge on any atom is 0.257 e. The third kappa shape index (κ3) is 10.7. The molecule has 1 aromatic heterocycles. The topological polar surface area (TPSA) is 19.7 Å². The van der Waals surface area contributed by atoms with Gasteiger partial charge < -0.3 is 0 Å². The number of nitrogens with one attached hydrogen (secondary N) is 1. The number of aromatic amines is 1. The van der Waals surface area contributed by atoms with Gasteiger partial charge in [-0.2, -0.15) is 0 Å². The second-order valence-electron chi connectivity index (χ2n) is 7.97. The Morgan fingerprint density at radius 1 is 0.720 bits per heavy atom. The Morgan fingerprint density at radius 3 is 1.56 bits per heavy atom. The highest BCUT2D eigenvalue weighted by molar-refractivity contribution is 4.89. The summed E-state index contributed by atoms with van der Waals surface area (Å²) in [5.41, 5.74) is 0. The molecule has 146 valence electrons. The van der Waals surface area contributed by atoms with Crippen LogP contribution in [0.3, 0.4) is 0 Å². The van der Waals surface area contributed by atoms with Crippen molar-refractivity contribution in [1.82, 2.24) is 4.98 Å².